The highest BCUT2D eigenvalue weighted by Crippen LogP contribution is 2.33. The molecule has 0 aliphatic carbocycles. The second kappa shape index (κ2) is 5.33. The molecule has 0 saturated carbocycles. The summed E-state index contributed by atoms with van der Waals surface area (Å²) in [7, 11) is 0. The molecule has 1 unspecified atom stereocenters. The number of nitrogens with one attached hydrogen (secondary N) is 1. The number of amides is 1. The summed E-state index contributed by atoms with van der Waals surface area (Å²) < 4.78 is 0. The Hall–Kier alpha value is -2.15. The number of benzene rings is 1. The number of carbonyl (C=O) groups excluding carboxylic acids is 1. The number of nitro groups is 1. The van der Waals surface area contributed by atoms with E-state index >= 15 is 0 Å². The third kappa shape index (κ3) is 2.69. The fourth-order valence-electron chi connectivity index (χ4n) is 3.29. The van der Waals surface area contributed by atoms with Gasteiger partial charge in [0.05, 0.1) is 4.92 Å². The first-order chi connectivity index (χ1) is 10.0. The van der Waals surface area contributed by atoms with Crippen LogP contribution in [0.15, 0.2) is 18.2 Å². The van der Waals surface area contributed by atoms with E-state index in [2.05, 4.69) is 10.2 Å². The summed E-state index contributed by atoms with van der Waals surface area (Å²) >= 11 is 0. The van der Waals surface area contributed by atoms with Crippen LogP contribution in [-0.2, 0) is 0 Å². The Bertz CT molecular complexity index is 582. The van der Waals surface area contributed by atoms with Crippen LogP contribution in [0.4, 0.5) is 11.4 Å². The van der Waals surface area contributed by atoms with Crippen molar-refractivity contribution < 1.29 is 9.72 Å². The Morgan fingerprint density at radius 2 is 2.10 bits per heavy atom. The van der Waals surface area contributed by atoms with E-state index in [1.54, 1.807) is 6.07 Å². The maximum atomic E-state index is 11.2. The Labute approximate surface area is 122 Å². The topological polar surface area (TPSA) is 102 Å². The predicted molar refractivity (Wildman–Crippen MR) is 78.2 cm³/mol. The van der Waals surface area contributed by atoms with E-state index in [1.807, 2.05) is 0 Å². The van der Waals surface area contributed by atoms with Crippen molar-refractivity contribution >= 4 is 17.3 Å². The predicted octanol–water partition coefficient (Wildman–Crippen LogP) is 1.20. The molecule has 112 valence electrons. The Morgan fingerprint density at radius 3 is 2.62 bits per heavy atom. The van der Waals surface area contributed by atoms with Gasteiger partial charge in [-0.2, -0.15) is 0 Å². The van der Waals surface area contributed by atoms with Crippen LogP contribution >= 0.6 is 0 Å². The van der Waals surface area contributed by atoms with Gasteiger partial charge in [0.15, 0.2) is 0 Å². The number of anilines is 1. The number of primary amides is 1. The van der Waals surface area contributed by atoms with Gasteiger partial charge in [0.25, 0.3) is 5.69 Å². The van der Waals surface area contributed by atoms with Crippen LogP contribution < -0.4 is 11.1 Å². The van der Waals surface area contributed by atoms with E-state index in [0.29, 0.717) is 11.6 Å². The van der Waals surface area contributed by atoms with E-state index in [-0.39, 0.29) is 17.3 Å². The highest BCUT2D eigenvalue weighted by molar-refractivity contribution is 5.94. The van der Waals surface area contributed by atoms with Gasteiger partial charge in [0.2, 0.25) is 5.91 Å². The van der Waals surface area contributed by atoms with Crippen molar-refractivity contribution in [2.75, 3.05) is 25.0 Å². The van der Waals surface area contributed by atoms with Crippen molar-refractivity contribution in [3.8, 4) is 0 Å². The largest absolute Gasteiger partial charge is 0.375 e. The molecule has 1 aromatic rings. The zero-order chi connectivity index (χ0) is 15.0. The third-order valence-electron chi connectivity index (χ3n) is 4.48. The monoisotopic (exact) mass is 290 g/mol. The average Bonchev–Trinajstić information content (AvgIpc) is 2.48. The van der Waals surface area contributed by atoms with E-state index in [1.165, 1.54) is 12.1 Å². The van der Waals surface area contributed by atoms with Crippen molar-refractivity contribution in [2.24, 2.45) is 11.7 Å². The Balaban J connectivity index is 1.84. The zero-order valence-corrected chi connectivity index (χ0v) is 11.6. The highest BCUT2D eigenvalue weighted by Gasteiger charge is 2.34. The zero-order valence-electron chi connectivity index (χ0n) is 11.6. The lowest BCUT2D eigenvalue weighted by Gasteiger charge is -2.45. The smallest absolute Gasteiger partial charge is 0.293 e. The number of nitrogens with two attached hydrogens (primary N) is 1. The maximum Gasteiger partial charge on any atom is 0.293 e. The van der Waals surface area contributed by atoms with E-state index in [9.17, 15) is 14.9 Å². The van der Waals surface area contributed by atoms with Crippen molar-refractivity contribution in [2.45, 2.75) is 18.9 Å². The molecule has 7 nitrogen and oxygen atoms in total. The fraction of sp³-hybridized carbons (Fsp3) is 0.500. The molecule has 1 amide bonds. The van der Waals surface area contributed by atoms with Crippen LogP contribution in [0, 0.1) is 16.0 Å². The van der Waals surface area contributed by atoms with Gasteiger partial charge in [-0.25, -0.2) is 0 Å². The average molecular weight is 290 g/mol. The molecule has 0 aromatic heterocycles. The van der Waals surface area contributed by atoms with Crippen molar-refractivity contribution in [3.05, 3.63) is 33.9 Å². The molecule has 1 aromatic carbocycles. The molecule has 4 rings (SSSR count). The number of nitro benzene ring substituents is 1. The normalized spacial score (nSPS) is 27.3. The summed E-state index contributed by atoms with van der Waals surface area (Å²) in [5.41, 5.74) is 5.70. The van der Waals surface area contributed by atoms with Gasteiger partial charge < -0.3 is 16.0 Å². The van der Waals surface area contributed by atoms with Crippen LogP contribution in [0.25, 0.3) is 0 Å². The van der Waals surface area contributed by atoms with Crippen LogP contribution in [0.3, 0.4) is 0 Å². The molecule has 3 aliphatic heterocycles. The van der Waals surface area contributed by atoms with Crippen LogP contribution in [0.2, 0.25) is 0 Å². The van der Waals surface area contributed by atoms with Crippen molar-refractivity contribution in [1.29, 1.82) is 0 Å². The quantitative estimate of drug-likeness (QED) is 0.641. The molecule has 3 aliphatic rings. The SMILES string of the molecule is NC(=O)c1ccc(NC2CN3CCC2CC3)c([N+](=O)[O-])c1. The minimum absolute atomic E-state index is 0.0947. The van der Waals surface area contributed by atoms with Gasteiger partial charge in [0, 0.05) is 24.2 Å². The molecule has 3 fully saturated rings. The molecule has 3 heterocycles. The second-order valence-electron chi connectivity index (χ2n) is 5.74. The lowest BCUT2D eigenvalue weighted by atomic mass is 9.84. The van der Waals surface area contributed by atoms with Crippen LogP contribution in [0.5, 0.6) is 0 Å². The van der Waals surface area contributed by atoms with Crippen molar-refractivity contribution in [1.82, 2.24) is 4.90 Å². The lowest BCUT2D eigenvalue weighted by molar-refractivity contribution is -0.384. The van der Waals surface area contributed by atoms with E-state index < -0.39 is 10.8 Å². The minimum Gasteiger partial charge on any atom is -0.375 e. The van der Waals surface area contributed by atoms with E-state index in [4.69, 9.17) is 5.73 Å². The number of hydrogen-bond acceptors (Lipinski definition) is 5. The van der Waals surface area contributed by atoms with Gasteiger partial charge in [-0.05, 0) is 44.0 Å². The molecular weight excluding hydrogens is 272 g/mol. The highest BCUT2D eigenvalue weighted by atomic mass is 16.6. The van der Waals surface area contributed by atoms with Gasteiger partial charge in [0.1, 0.15) is 5.69 Å². The number of rotatable bonds is 4. The first-order valence-electron chi connectivity index (χ1n) is 7.12. The van der Waals surface area contributed by atoms with Crippen LogP contribution in [-0.4, -0.2) is 41.4 Å². The standard InChI is InChI=1S/C14H18N4O3/c15-14(19)10-1-2-11(13(7-10)18(20)21)16-12-8-17-5-3-9(12)4-6-17/h1-2,7,9,12,16H,3-6,8H2,(H2,15,19). The molecule has 3 N–H and O–H groups in total. The summed E-state index contributed by atoms with van der Waals surface area (Å²) in [6.45, 7) is 3.15. The molecule has 2 bridgehead atoms. The summed E-state index contributed by atoms with van der Waals surface area (Å²) in [4.78, 5) is 24.3. The number of hydrogen-bond donors (Lipinski definition) is 2. The molecule has 7 heteroatoms. The van der Waals surface area contributed by atoms with Crippen molar-refractivity contribution in [3.63, 3.8) is 0 Å². The third-order valence-corrected chi connectivity index (χ3v) is 4.48. The molecular formula is C14H18N4O3. The molecule has 21 heavy (non-hydrogen) atoms. The summed E-state index contributed by atoms with van der Waals surface area (Å²) in [5, 5.41) is 14.5. The summed E-state index contributed by atoms with van der Waals surface area (Å²) in [6.07, 6.45) is 2.26. The van der Waals surface area contributed by atoms with Gasteiger partial charge in [-0.15, -0.1) is 0 Å². The lowest BCUT2D eigenvalue weighted by Crippen LogP contribution is -2.53. The number of fused-ring (bicyclic) bond motifs is 3. The Morgan fingerprint density at radius 1 is 1.38 bits per heavy atom. The second-order valence-corrected chi connectivity index (χ2v) is 5.74. The maximum absolute atomic E-state index is 11.2. The first-order valence-corrected chi connectivity index (χ1v) is 7.12. The number of piperidine rings is 3. The fourth-order valence-corrected chi connectivity index (χ4v) is 3.29. The minimum atomic E-state index is -0.660. The number of carbonyl (C=O) groups is 1. The van der Waals surface area contributed by atoms with Gasteiger partial charge >= 0.3 is 0 Å². The first kappa shape index (κ1) is 13.8. The Kier molecular flexibility index (Phi) is 3.50. The molecule has 0 spiro atoms. The summed E-state index contributed by atoms with van der Waals surface area (Å²) in [5.74, 6) is -0.0992. The van der Waals surface area contributed by atoms with E-state index in [0.717, 1.165) is 32.5 Å². The summed E-state index contributed by atoms with van der Waals surface area (Å²) in [6, 6.07) is 4.58. The van der Waals surface area contributed by atoms with Crippen LogP contribution in [0.1, 0.15) is 23.2 Å². The molecule has 1 atom stereocenters. The van der Waals surface area contributed by atoms with Gasteiger partial charge in [-0.3, -0.25) is 14.9 Å². The molecule has 0 radical (unpaired) electrons. The number of nitrogens with zero attached hydrogens (tertiary/aromatic N) is 2. The molecule has 3 saturated heterocycles. The van der Waals surface area contributed by atoms with Gasteiger partial charge in [-0.1, -0.05) is 0 Å².